The topological polar surface area (TPSA) is 38.7 Å². The molecule has 1 N–H and O–H groups in total. The highest BCUT2D eigenvalue weighted by Crippen LogP contribution is 2.32. The molecule has 2 aliphatic rings. The van der Waals surface area contributed by atoms with Gasteiger partial charge in [0.1, 0.15) is 6.10 Å². The lowest BCUT2D eigenvalue weighted by Crippen LogP contribution is -2.22. The van der Waals surface area contributed by atoms with Crippen molar-refractivity contribution < 1.29 is 14.9 Å². The van der Waals surface area contributed by atoms with Crippen molar-refractivity contribution in [2.45, 2.75) is 50.9 Å². The summed E-state index contributed by atoms with van der Waals surface area (Å²) in [5, 5.41) is 9.08. The van der Waals surface area contributed by atoms with Gasteiger partial charge in [0.2, 0.25) is 0 Å². The fourth-order valence-corrected chi connectivity index (χ4v) is 2.19. The molecule has 3 nitrogen and oxygen atoms in total. The van der Waals surface area contributed by atoms with Crippen LogP contribution in [-0.4, -0.2) is 17.5 Å². The molecule has 12 heavy (non-hydrogen) atoms. The zero-order valence-electron chi connectivity index (χ0n) is 7.24. The van der Waals surface area contributed by atoms with E-state index in [9.17, 15) is 0 Å². The number of aliphatic hydroxyl groups excluding tert-OH is 1. The van der Waals surface area contributed by atoms with Gasteiger partial charge in [0, 0.05) is 6.42 Å². The molecule has 0 radical (unpaired) electrons. The summed E-state index contributed by atoms with van der Waals surface area (Å²) in [5.74, 6) is 0.621. The Balaban J connectivity index is 1.83. The van der Waals surface area contributed by atoms with E-state index in [2.05, 4.69) is 4.89 Å². The van der Waals surface area contributed by atoms with Crippen LogP contribution in [0.4, 0.5) is 0 Å². The number of aliphatic hydroxyl groups is 1. The Bertz CT molecular complexity index is 140. The minimum atomic E-state index is -0.683. The summed E-state index contributed by atoms with van der Waals surface area (Å²) in [6.45, 7) is 0. The molecule has 1 saturated carbocycles. The van der Waals surface area contributed by atoms with Crippen molar-refractivity contribution in [3.05, 3.63) is 0 Å². The molecule has 0 amide bonds. The van der Waals surface area contributed by atoms with E-state index in [1.54, 1.807) is 0 Å². The third-order valence-electron chi connectivity index (χ3n) is 2.90. The first-order valence-electron chi connectivity index (χ1n) is 4.86. The third kappa shape index (κ3) is 1.79. The van der Waals surface area contributed by atoms with Crippen LogP contribution in [0.1, 0.15) is 38.5 Å². The summed E-state index contributed by atoms with van der Waals surface area (Å²) < 4.78 is 0. The largest absolute Gasteiger partial charge is 0.366 e. The van der Waals surface area contributed by atoms with Crippen LogP contribution in [0.25, 0.3) is 0 Å². The van der Waals surface area contributed by atoms with E-state index in [0.29, 0.717) is 12.3 Å². The Morgan fingerprint density at radius 3 is 2.33 bits per heavy atom. The first-order valence-corrected chi connectivity index (χ1v) is 4.86. The van der Waals surface area contributed by atoms with Crippen LogP contribution >= 0.6 is 0 Å². The van der Waals surface area contributed by atoms with E-state index in [1.807, 2.05) is 0 Å². The number of rotatable bonds is 1. The van der Waals surface area contributed by atoms with Crippen LogP contribution in [0.15, 0.2) is 0 Å². The highest BCUT2D eigenvalue weighted by atomic mass is 17.2. The minimum absolute atomic E-state index is 0.153. The summed E-state index contributed by atoms with van der Waals surface area (Å²) in [7, 11) is 0. The lowest BCUT2D eigenvalue weighted by atomic mass is 9.84. The Morgan fingerprint density at radius 2 is 1.75 bits per heavy atom. The number of hydrogen-bond acceptors (Lipinski definition) is 3. The Kier molecular flexibility index (Phi) is 2.63. The third-order valence-corrected chi connectivity index (χ3v) is 2.90. The molecule has 0 spiro atoms. The van der Waals surface area contributed by atoms with Gasteiger partial charge in [-0.25, -0.2) is 9.78 Å². The van der Waals surface area contributed by atoms with Gasteiger partial charge in [-0.3, -0.25) is 0 Å². The van der Waals surface area contributed by atoms with Crippen LogP contribution in [0.2, 0.25) is 0 Å². The molecular weight excluding hydrogens is 156 g/mol. The van der Waals surface area contributed by atoms with E-state index in [-0.39, 0.29) is 6.10 Å². The maximum Gasteiger partial charge on any atom is 0.191 e. The molecule has 2 fully saturated rings. The molecule has 1 aliphatic heterocycles. The predicted octanol–water partition coefficient (Wildman–Crippen LogP) is 1.61. The molecule has 1 aliphatic carbocycles. The summed E-state index contributed by atoms with van der Waals surface area (Å²) in [5.41, 5.74) is 0. The van der Waals surface area contributed by atoms with Crippen molar-refractivity contribution >= 4 is 0 Å². The molecule has 1 saturated heterocycles. The standard InChI is InChI=1S/C9H16O3/c10-9-6-8(11-12-9)7-4-2-1-3-5-7/h7-10H,1-6H2. The van der Waals surface area contributed by atoms with E-state index in [1.165, 1.54) is 32.1 Å². The highest BCUT2D eigenvalue weighted by molar-refractivity contribution is 4.76. The summed E-state index contributed by atoms with van der Waals surface area (Å²) >= 11 is 0. The SMILES string of the molecule is OC1CC(C2CCCCC2)OO1. The summed E-state index contributed by atoms with van der Waals surface area (Å²) in [4.78, 5) is 9.73. The Hall–Kier alpha value is -0.120. The Morgan fingerprint density at radius 1 is 1.00 bits per heavy atom. The van der Waals surface area contributed by atoms with E-state index < -0.39 is 6.29 Å². The van der Waals surface area contributed by atoms with E-state index >= 15 is 0 Å². The molecule has 1 heterocycles. The summed E-state index contributed by atoms with van der Waals surface area (Å²) in [6, 6.07) is 0. The zero-order chi connectivity index (χ0) is 8.39. The van der Waals surface area contributed by atoms with Gasteiger partial charge in [-0.15, -0.1) is 0 Å². The normalized spacial score (nSPS) is 38.8. The lowest BCUT2D eigenvalue weighted by molar-refractivity contribution is -0.338. The molecule has 3 heteroatoms. The van der Waals surface area contributed by atoms with Gasteiger partial charge in [0.25, 0.3) is 0 Å². The monoisotopic (exact) mass is 172 g/mol. The average molecular weight is 172 g/mol. The second-order valence-electron chi connectivity index (χ2n) is 3.82. The van der Waals surface area contributed by atoms with Crippen molar-refractivity contribution in [2.75, 3.05) is 0 Å². The predicted molar refractivity (Wildman–Crippen MR) is 43.2 cm³/mol. The van der Waals surface area contributed by atoms with Crippen molar-refractivity contribution in [1.82, 2.24) is 0 Å². The molecule has 70 valence electrons. The van der Waals surface area contributed by atoms with Gasteiger partial charge >= 0.3 is 0 Å². The molecule has 2 rings (SSSR count). The smallest absolute Gasteiger partial charge is 0.191 e. The quantitative estimate of drug-likeness (QED) is 0.611. The van der Waals surface area contributed by atoms with Gasteiger partial charge < -0.3 is 5.11 Å². The average Bonchev–Trinajstić information content (AvgIpc) is 2.54. The van der Waals surface area contributed by atoms with Gasteiger partial charge in [-0.05, 0) is 18.8 Å². The van der Waals surface area contributed by atoms with Crippen molar-refractivity contribution in [1.29, 1.82) is 0 Å². The van der Waals surface area contributed by atoms with Crippen LogP contribution in [-0.2, 0) is 9.78 Å². The van der Waals surface area contributed by atoms with E-state index in [0.717, 1.165) is 0 Å². The molecule has 0 aromatic rings. The fraction of sp³-hybridized carbons (Fsp3) is 1.00. The first-order chi connectivity index (χ1) is 5.86. The summed E-state index contributed by atoms with van der Waals surface area (Å²) in [6.07, 6.45) is 6.57. The van der Waals surface area contributed by atoms with Crippen molar-refractivity contribution in [3.63, 3.8) is 0 Å². The number of hydrogen-bond donors (Lipinski definition) is 1. The van der Waals surface area contributed by atoms with Gasteiger partial charge in [0.15, 0.2) is 6.29 Å². The molecule has 2 unspecified atom stereocenters. The van der Waals surface area contributed by atoms with Crippen LogP contribution in [0.5, 0.6) is 0 Å². The van der Waals surface area contributed by atoms with Gasteiger partial charge in [-0.1, -0.05) is 19.3 Å². The Labute approximate surface area is 72.6 Å². The van der Waals surface area contributed by atoms with E-state index in [4.69, 9.17) is 9.99 Å². The maximum atomic E-state index is 9.08. The van der Waals surface area contributed by atoms with Gasteiger partial charge in [0.05, 0.1) is 0 Å². The maximum absolute atomic E-state index is 9.08. The van der Waals surface area contributed by atoms with Crippen molar-refractivity contribution in [3.8, 4) is 0 Å². The molecule has 0 aromatic carbocycles. The van der Waals surface area contributed by atoms with Gasteiger partial charge in [-0.2, -0.15) is 0 Å². The van der Waals surface area contributed by atoms with Crippen LogP contribution in [0, 0.1) is 5.92 Å². The van der Waals surface area contributed by atoms with Crippen molar-refractivity contribution in [2.24, 2.45) is 5.92 Å². The molecule has 2 atom stereocenters. The van der Waals surface area contributed by atoms with Crippen LogP contribution < -0.4 is 0 Å². The first kappa shape index (κ1) is 8.48. The molecular formula is C9H16O3. The molecule has 0 aromatic heterocycles. The fourth-order valence-electron chi connectivity index (χ4n) is 2.19. The zero-order valence-corrected chi connectivity index (χ0v) is 7.24. The van der Waals surface area contributed by atoms with Crippen LogP contribution in [0.3, 0.4) is 0 Å². The highest BCUT2D eigenvalue weighted by Gasteiger charge is 2.33. The minimum Gasteiger partial charge on any atom is -0.366 e. The second kappa shape index (κ2) is 3.73. The lowest BCUT2D eigenvalue weighted by Gasteiger charge is -2.24. The molecule has 0 bridgehead atoms. The second-order valence-corrected chi connectivity index (χ2v) is 3.82.